The van der Waals surface area contributed by atoms with Crippen molar-refractivity contribution in [3.63, 3.8) is 0 Å². The van der Waals surface area contributed by atoms with Gasteiger partial charge < -0.3 is 14.8 Å². The van der Waals surface area contributed by atoms with Gasteiger partial charge >= 0.3 is 5.97 Å². The van der Waals surface area contributed by atoms with E-state index >= 15 is 0 Å². The molecular formula is C22H22Cl2N2O3S. The number of fused-ring (bicyclic) bond motifs is 4. The summed E-state index contributed by atoms with van der Waals surface area (Å²) >= 11 is 18.5. The van der Waals surface area contributed by atoms with E-state index < -0.39 is 17.7 Å². The number of benzene rings is 2. The SMILES string of the molecule is CCOC(=O)[C@@H]1[C@H]2NC(=S)N(c3cccc(C)c3C)[C@@]1(C)Oc1c(Cl)cc(Cl)cc12. The molecule has 2 aromatic carbocycles. The van der Waals surface area contributed by atoms with Crippen molar-refractivity contribution in [2.75, 3.05) is 11.5 Å². The molecule has 3 atom stereocenters. The van der Waals surface area contributed by atoms with Gasteiger partial charge in [-0.25, -0.2) is 0 Å². The highest BCUT2D eigenvalue weighted by Crippen LogP contribution is 2.53. The van der Waals surface area contributed by atoms with Crippen molar-refractivity contribution in [3.8, 4) is 5.75 Å². The standard InChI is InChI=1S/C22H22Cl2N2O3S/c1-5-28-20(27)17-18-14-9-13(23)10-15(24)19(14)29-22(17,4)26(21(30)25-18)16-8-6-7-11(2)12(16)3/h6-10,17-18H,5H2,1-4H3,(H,25,30)/t17-,18-,22-/m0/s1. The highest BCUT2D eigenvalue weighted by molar-refractivity contribution is 7.80. The zero-order valence-electron chi connectivity index (χ0n) is 17.1. The zero-order chi connectivity index (χ0) is 21.8. The fourth-order valence-electron chi connectivity index (χ4n) is 4.34. The van der Waals surface area contributed by atoms with E-state index in [1.165, 1.54) is 0 Å². The topological polar surface area (TPSA) is 50.8 Å². The Bertz CT molecular complexity index is 1060. The molecular weight excluding hydrogens is 443 g/mol. The molecule has 2 aromatic rings. The lowest BCUT2D eigenvalue weighted by Crippen LogP contribution is -2.72. The highest BCUT2D eigenvalue weighted by Gasteiger charge is 2.60. The van der Waals surface area contributed by atoms with Crippen LogP contribution in [0.4, 0.5) is 5.69 Å². The quantitative estimate of drug-likeness (QED) is 0.488. The third-order valence-corrected chi connectivity index (χ3v) is 6.67. The molecule has 158 valence electrons. The third kappa shape index (κ3) is 3.13. The molecule has 2 heterocycles. The maximum absolute atomic E-state index is 13.2. The first kappa shape index (κ1) is 21.2. The lowest BCUT2D eigenvalue weighted by molar-refractivity contribution is -0.159. The van der Waals surface area contributed by atoms with E-state index in [1.54, 1.807) is 19.1 Å². The van der Waals surface area contributed by atoms with E-state index in [9.17, 15) is 4.79 Å². The lowest BCUT2D eigenvalue weighted by atomic mass is 9.79. The van der Waals surface area contributed by atoms with Gasteiger partial charge in [-0.1, -0.05) is 35.3 Å². The van der Waals surface area contributed by atoms with E-state index in [1.807, 2.05) is 43.9 Å². The average molecular weight is 465 g/mol. The van der Waals surface area contributed by atoms with Crippen LogP contribution in [0, 0.1) is 19.8 Å². The molecule has 0 aromatic heterocycles. The first-order valence-electron chi connectivity index (χ1n) is 9.70. The number of ether oxygens (including phenoxy) is 2. The number of nitrogens with one attached hydrogen (secondary N) is 1. The van der Waals surface area contributed by atoms with Crippen LogP contribution in [0.1, 0.15) is 36.6 Å². The number of anilines is 1. The lowest BCUT2D eigenvalue weighted by Gasteiger charge is -2.56. The van der Waals surface area contributed by atoms with Gasteiger partial charge in [0.2, 0.25) is 5.72 Å². The summed E-state index contributed by atoms with van der Waals surface area (Å²) in [6.07, 6.45) is 0. The predicted molar refractivity (Wildman–Crippen MR) is 122 cm³/mol. The molecule has 0 aliphatic carbocycles. The predicted octanol–water partition coefficient (Wildman–Crippen LogP) is 5.33. The van der Waals surface area contributed by atoms with Gasteiger partial charge in [0.25, 0.3) is 0 Å². The summed E-state index contributed by atoms with van der Waals surface area (Å²) < 4.78 is 11.9. The van der Waals surface area contributed by atoms with E-state index in [2.05, 4.69) is 5.32 Å². The normalized spacial score (nSPS) is 24.6. The van der Waals surface area contributed by atoms with Crippen molar-refractivity contribution < 1.29 is 14.3 Å². The number of halogens is 2. The minimum atomic E-state index is -1.15. The number of esters is 1. The van der Waals surface area contributed by atoms with Gasteiger partial charge in [0.05, 0.1) is 23.4 Å². The Morgan fingerprint density at radius 2 is 2.07 bits per heavy atom. The van der Waals surface area contributed by atoms with Crippen LogP contribution in [-0.2, 0) is 9.53 Å². The maximum atomic E-state index is 13.2. The van der Waals surface area contributed by atoms with Gasteiger partial charge in [0, 0.05) is 10.6 Å². The van der Waals surface area contributed by atoms with Crippen LogP contribution in [0.15, 0.2) is 30.3 Å². The molecule has 4 rings (SSSR count). The second kappa shape index (κ2) is 7.59. The summed E-state index contributed by atoms with van der Waals surface area (Å²) in [6.45, 7) is 7.94. The molecule has 5 nitrogen and oxygen atoms in total. The third-order valence-electron chi connectivity index (χ3n) is 5.87. The minimum Gasteiger partial charge on any atom is -0.466 e. The average Bonchev–Trinajstić information content (AvgIpc) is 2.66. The fourth-order valence-corrected chi connectivity index (χ4v) is 5.29. The van der Waals surface area contributed by atoms with E-state index in [4.69, 9.17) is 44.9 Å². The summed E-state index contributed by atoms with van der Waals surface area (Å²) in [5, 5.41) is 4.62. The molecule has 0 amide bonds. The monoisotopic (exact) mass is 464 g/mol. The van der Waals surface area contributed by atoms with E-state index in [-0.39, 0.29) is 12.6 Å². The Kier molecular flexibility index (Phi) is 5.37. The van der Waals surface area contributed by atoms with Crippen LogP contribution in [0.3, 0.4) is 0 Å². The number of carbonyl (C=O) groups is 1. The van der Waals surface area contributed by atoms with Gasteiger partial charge in [-0.15, -0.1) is 0 Å². The second-order valence-electron chi connectivity index (χ2n) is 7.67. The van der Waals surface area contributed by atoms with Crippen molar-refractivity contribution in [2.24, 2.45) is 5.92 Å². The number of aryl methyl sites for hydroxylation is 1. The second-order valence-corrected chi connectivity index (χ2v) is 8.90. The van der Waals surface area contributed by atoms with Gasteiger partial charge in [-0.3, -0.25) is 9.69 Å². The minimum absolute atomic E-state index is 0.259. The van der Waals surface area contributed by atoms with Crippen LogP contribution in [0.5, 0.6) is 5.75 Å². The van der Waals surface area contributed by atoms with Gasteiger partial charge in [-0.05, 0) is 69.2 Å². The Hall–Kier alpha value is -2.02. The number of carbonyl (C=O) groups excluding carboxylic acids is 1. The van der Waals surface area contributed by atoms with Crippen molar-refractivity contribution in [2.45, 2.75) is 39.5 Å². The molecule has 8 heteroatoms. The molecule has 0 radical (unpaired) electrons. The molecule has 2 aliphatic heterocycles. The van der Waals surface area contributed by atoms with Crippen molar-refractivity contribution >= 4 is 52.2 Å². The first-order valence-corrected chi connectivity index (χ1v) is 10.9. The number of hydrogen-bond acceptors (Lipinski definition) is 4. The Labute approximate surface area is 191 Å². The summed E-state index contributed by atoms with van der Waals surface area (Å²) in [5.74, 6) is -0.595. The number of rotatable bonds is 3. The molecule has 30 heavy (non-hydrogen) atoms. The fraction of sp³-hybridized carbons (Fsp3) is 0.364. The zero-order valence-corrected chi connectivity index (χ0v) is 19.4. The number of thiocarbonyl (C=S) groups is 1. The molecule has 2 aliphatic rings. The summed E-state index contributed by atoms with van der Waals surface area (Å²) in [4.78, 5) is 15.0. The molecule has 0 unspecified atom stereocenters. The maximum Gasteiger partial charge on any atom is 0.317 e. The van der Waals surface area contributed by atoms with Gasteiger partial charge in [0.15, 0.2) is 5.11 Å². The van der Waals surface area contributed by atoms with Crippen molar-refractivity contribution in [3.05, 3.63) is 57.1 Å². The molecule has 2 bridgehead atoms. The van der Waals surface area contributed by atoms with Gasteiger partial charge in [-0.2, -0.15) is 0 Å². The van der Waals surface area contributed by atoms with Crippen LogP contribution >= 0.6 is 35.4 Å². The van der Waals surface area contributed by atoms with Crippen molar-refractivity contribution in [1.82, 2.24) is 5.32 Å². The van der Waals surface area contributed by atoms with E-state index in [0.29, 0.717) is 26.5 Å². The van der Waals surface area contributed by atoms with Crippen LogP contribution < -0.4 is 15.0 Å². The van der Waals surface area contributed by atoms with Gasteiger partial charge in [0.1, 0.15) is 11.7 Å². The first-order chi connectivity index (χ1) is 14.2. The van der Waals surface area contributed by atoms with Crippen LogP contribution in [0.25, 0.3) is 0 Å². The summed E-state index contributed by atoms with van der Waals surface area (Å²) in [7, 11) is 0. The van der Waals surface area contributed by atoms with Crippen LogP contribution in [0.2, 0.25) is 10.0 Å². The number of nitrogens with zero attached hydrogens (tertiary/aromatic N) is 1. The largest absolute Gasteiger partial charge is 0.466 e. The Balaban J connectivity index is 1.96. The Morgan fingerprint density at radius 3 is 2.77 bits per heavy atom. The van der Waals surface area contributed by atoms with Crippen molar-refractivity contribution in [1.29, 1.82) is 0 Å². The molecule has 1 fully saturated rings. The molecule has 1 saturated heterocycles. The highest BCUT2D eigenvalue weighted by atomic mass is 35.5. The Morgan fingerprint density at radius 1 is 1.33 bits per heavy atom. The summed E-state index contributed by atoms with van der Waals surface area (Å²) in [5.41, 5.74) is 2.54. The molecule has 0 saturated carbocycles. The number of hydrogen-bond donors (Lipinski definition) is 1. The summed E-state index contributed by atoms with van der Waals surface area (Å²) in [6, 6.07) is 8.85. The van der Waals surface area contributed by atoms with E-state index in [0.717, 1.165) is 16.8 Å². The molecule has 0 spiro atoms. The smallest absolute Gasteiger partial charge is 0.317 e. The molecule has 1 N–H and O–H groups in total. The van der Waals surface area contributed by atoms with Crippen LogP contribution in [-0.4, -0.2) is 23.4 Å².